The second kappa shape index (κ2) is 5.17. The quantitative estimate of drug-likeness (QED) is 0.777. The van der Waals surface area contributed by atoms with Crippen LogP contribution in [0.5, 0.6) is 0 Å². The summed E-state index contributed by atoms with van der Waals surface area (Å²) in [7, 11) is 0. The largest absolute Gasteiger partial charge is 0.342 e. The molecule has 1 aliphatic heterocycles. The summed E-state index contributed by atoms with van der Waals surface area (Å²) >= 11 is 0. The zero-order valence-electron chi connectivity index (χ0n) is 10.3. The molecule has 2 aliphatic rings. The fraction of sp³-hybridized carbons (Fsp3) is 0.923. The van der Waals surface area contributed by atoms with E-state index < -0.39 is 0 Å². The Morgan fingerprint density at radius 2 is 1.94 bits per heavy atom. The molecule has 1 amide bonds. The first-order chi connectivity index (χ1) is 7.68. The molecule has 2 unspecified atom stereocenters. The van der Waals surface area contributed by atoms with E-state index in [1.165, 1.54) is 19.3 Å². The molecule has 1 heterocycles. The van der Waals surface area contributed by atoms with E-state index in [9.17, 15) is 4.79 Å². The lowest BCUT2D eigenvalue weighted by atomic mass is 9.91. The lowest BCUT2D eigenvalue weighted by Crippen LogP contribution is -2.46. The van der Waals surface area contributed by atoms with Gasteiger partial charge >= 0.3 is 0 Å². The second-order valence-electron chi connectivity index (χ2n) is 5.53. The fourth-order valence-corrected chi connectivity index (χ4v) is 3.07. The van der Waals surface area contributed by atoms with E-state index >= 15 is 0 Å². The summed E-state index contributed by atoms with van der Waals surface area (Å²) in [5.41, 5.74) is 5.94. The van der Waals surface area contributed by atoms with Crippen molar-refractivity contribution in [3.63, 3.8) is 0 Å². The van der Waals surface area contributed by atoms with Gasteiger partial charge in [-0.3, -0.25) is 4.79 Å². The summed E-state index contributed by atoms with van der Waals surface area (Å²) in [4.78, 5) is 14.3. The molecule has 3 heteroatoms. The van der Waals surface area contributed by atoms with Gasteiger partial charge in [0.25, 0.3) is 0 Å². The molecule has 16 heavy (non-hydrogen) atoms. The Morgan fingerprint density at radius 3 is 2.56 bits per heavy atom. The molecule has 92 valence electrons. The van der Waals surface area contributed by atoms with Crippen LogP contribution < -0.4 is 5.73 Å². The van der Waals surface area contributed by atoms with Crippen molar-refractivity contribution in [3.05, 3.63) is 0 Å². The Hall–Kier alpha value is -0.570. The van der Waals surface area contributed by atoms with Crippen molar-refractivity contribution in [1.29, 1.82) is 0 Å². The third-order valence-electron chi connectivity index (χ3n) is 4.22. The highest BCUT2D eigenvalue weighted by Crippen LogP contribution is 2.28. The Bertz CT molecular complexity index is 246. The van der Waals surface area contributed by atoms with Crippen molar-refractivity contribution < 1.29 is 4.79 Å². The number of nitrogens with two attached hydrogens (primary N) is 1. The van der Waals surface area contributed by atoms with Crippen LogP contribution in [0.3, 0.4) is 0 Å². The lowest BCUT2D eigenvalue weighted by Gasteiger charge is -2.36. The van der Waals surface area contributed by atoms with Crippen LogP contribution in [0.25, 0.3) is 0 Å². The number of carbonyl (C=O) groups excluding carboxylic acids is 1. The zero-order chi connectivity index (χ0) is 11.5. The highest BCUT2D eigenvalue weighted by molar-refractivity contribution is 5.79. The molecular weight excluding hydrogens is 200 g/mol. The summed E-state index contributed by atoms with van der Waals surface area (Å²) in [6.45, 7) is 3.92. The van der Waals surface area contributed by atoms with Gasteiger partial charge in [-0.05, 0) is 38.5 Å². The molecule has 1 aliphatic carbocycles. The van der Waals surface area contributed by atoms with Crippen molar-refractivity contribution >= 4 is 5.91 Å². The third kappa shape index (κ3) is 2.57. The minimum Gasteiger partial charge on any atom is -0.342 e. The van der Waals surface area contributed by atoms with E-state index in [1.54, 1.807) is 0 Å². The van der Waals surface area contributed by atoms with Gasteiger partial charge in [-0.1, -0.05) is 12.8 Å². The summed E-state index contributed by atoms with van der Waals surface area (Å²) in [6, 6.07) is 0.221. The highest BCUT2D eigenvalue weighted by atomic mass is 16.2. The first-order valence-corrected chi connectivity index (χ1v) is 6.73. The van der Waals surface area contributed by atoms with Crippen molar-refractivity contribution in [2.45, 2.75) is 51.5 Å². The minimum absolute atomic E-state index is 0.221. The van der Waals surface area contributed by atoms with E-state index in [4.69, 9.17) is 5.73 Å². The average molecular weight is 224 g/mol. The SMILES string of the molecule is CC(N)C1CCCN(C(=O)C2CCCC2)C1. The molecular formula is C13H24N2O. The van der Waals surface area contributed by atoms with Gasteiger partial charge in [0.15, 0.2) is 0 Å². The smallest absolute Gasteiger partial charge is 0.225 e. The van der Waals surface area contributed by atoms with Crippen LogP contribution in [0, 0.1) is 11.8 Å². The average Bonchev–Trinajstić information content (AvgIpc) is 2.81. The molecule has 0 bridgehead atoms. The molecule has 2 N–H and O–H groups in total. The van der Waals surface area contributed by atoms with Crippen molar-refractivity contribution in [1.82, 2.24) is 4.90 Å². The van der Waals surface area contributed by atoms with Gasteiger partial charge in [0, 0.05) is 25.0 Å². The van der Waals surface area contributed by atoms with E-state index in [2.05, 4.69) is 11.8 Å². The molecule has 3 nitrogen and oxygen atoms in total. The van der Waals surface area contributed by atoms with Gasteiger partial charge in [-0.2, -0.15) is 0 Å². The normalized spacial score (nSPS) is 29.4. The van der Waals surface area contributed by atoms with Crippen LogP contribution >= 0.6 is 0 Å². The summed E-state index contributed by atoms with van der Waals surface area (Å²) < 4.78 is 0. The molecule has 0 aromatic rings. The van der Waals surface area contributed by atoms with E-state index in [0.29, 0.717) is 17.7 Å². The number of likely N-dealkylation sites (tertiary alicyclic amines) is 1. The number of piperidine rings is 1. The Balaban J connectivity index is 1.90. The van der Waals surface area contributed by atoms with Crippen LogP contribution in [0.4, 0.5) is 0 Å². The minimum atomic E-state index is 0.221. The van der Waals surface area contributed by atoms with E-state index in [-0.39, 0.29) is 6.04 Å². The van der Waals surface area contributed by atoms with Crippen LogP contribution in [0.1, 0.15) is 45.4 Å². The maximum absolute atomic E-state index is 12.3. The van der Waals surface area contributed by atoms with Gasteiger partial charge in [-0.25, -0.2) is 0 Å². The first-order valence-electron chi connectivity index (χ1n) is 6.73. The Labute approximate surface area is 98.4 Å². The molecule has 0 aromatic heterocycles. The molecule has 2 atom stereocenters. The molecule has 1 saturated heterocycles. The number of rotatable bonds is 2. The molecule has 0 radical (unpaired) electrons. The van der Waals surface area contributed by atoms with Crippen molar-refractivity contribution in [3.8, 4) is 0 Å². The molecule has 1 saturated carbocycles. The predicted molar refractivity (Wildman–Crippen MR) is 64.9 cm³/mol. The highest BCUT2D eigenvalue weighted by Gasteiger charge is 2.31. The Morgan fingerprint density at radius 1 is 1.25 bits per heavy atom. The summed E-state index contributed by atoms with van der Waals surface area (Å²) in [5, 5.41) is 0. The van der Waals surface area contributed by atoms with Gasteiger partial charge in [0.1, 0.15) is 0 Å². The van der Waals surface area contributed by atoms with Crippen molar-refractivity contribution in [2.24, 2.45) is 17.6 Å². The zero-order valence-corrected chi connectivity index (χ0v) is 10.3. The lowest BCUT2D eigenvalue weighted by molar-refractivity contribution is -0.137. The molecule has 2 rings (SSSR count). The van der Waals surface area contributed by atoms with Crippen LogP contribution in [-0.4, -0.2) is 29.9 Å². The predicted octanol–water partition coefficient (Wildman–Crippen LogP) is 1.76. The van der Waals surface area contributed by atoms with E-state index in [0.717, 1.165) is 32.4 Å². The van der Waals surface area contributed by atoms with Crippen LogP contribution in [0.2, 0.25) is 0 Å². The molecule has 0 aromatic carbocycles. The number of hydrogen-bond acceptors (Lipinski definition) is 2. The maximum atomic E-state index is 12.3. The maximum Gasteiger partial charge on any atom is 0.225 e. The monoisotopic (exact) mass is 224 g/mol. The third-order valence-corrected chi connectivity index (χ3v) is 4.22. The van der Waals surface area contributed by atoms with Gasteiger partial charge < -0.3 is 10.6 Å². The Kier molecular flexibility index (Phi) is 3.85. The fourth-order valence-electron chi connectivity index (χ4n) is 3.07. The van der Waals surface area contributed by atoms with Gasteiger partial charge in [0.05, 0.1) is 0 Å². The number of nitrogens with zero attached hydrogens (tertiary/aromatic N) is 1. The van der Waals surface area contributed by atoms with Crippen LogP contribution in [-0.2, 0) is 4.79 Å². The summed E-state index contributed by atoms with van der Waals surface area (Å²) in [5.74, 6) is 1.24. The topological polar surface area (TPSA) is 46.3 Å². The van der Waals surface area contributed by atoms with Crippen LogP contribution in [0.15, 0.2) is 0 Å². The number of hydrogen-bond donors (Lipinski definition) is 1. The number of amides is 1. The number of carbonyl (C=O) groups is 1. The molecule has 2 fully saturated rings. The molecule has 0 spiro atoms. The first kappa shape index (κ1) is 11.9. The summed E-state index contributed by atoms with van der Waals surface area (Å²) in [6.07, 6.45) is 7.01. The van der Waals surface area contributed by atoms with E-state index in [1.807, 2.05) is 0 Å². The standard InChI is InChI=1S/C13H24N2O/c1-10(14)12-7-4-8-15(9-12)13(16)11-5-2-3-6-11/h10-12H,2-9,14H2,1H3. The van der Waals surface area contributed by atoms with Gasteiger partial charge in [-0.15, -0.1) is 0 Å². The van der Waals surface area contributed by atoms with Crippen molar-refractivity contribution in [2.75, 3.05) is 13.1 Å². The second-order valence-corrected chi connectivity index (χ2v) is 5.53. The van der Waals surface area contributed by atoms with Gasteiger partial charge in [0.2, 0.25) is 5.91 Å².